The number of hydrogen-bond acceptors (Lipinski definition) is 6. The number of carbonyl (C=O) groups excluding carboxylic acids is 1. The third-order valence-electron chi connectivity index (χ3n) is 5.62. The summed E-state index contributed by atoms with van der Waals surface area (Å²) in [4.78, 5) is 17.0. The molecule has 1 aliphatic rings. The molecule has 0 atom stereocenters. The molecule has 8 nitrogen and oxygen atoms in total. The van der Waals surface area contributed by atoms with Crippen LogP contribution >= 0.6 is 0 Å². The van der Waals surface area contributed by atoms with Crippen molar-refractivity contribution in [2.24, 2.45) is 0 Å². The van der Waals surface area contributed by atoms with E-state index in [9.17, 15) is 13.2 Å². The SMILES string of the molecule is CCCCc1ccc(NS(=O)(=O)c2ccc(C)c(C(=O)NCc3nc(C4CC4)no3)c2)cc1. The largest absolute Gasteiger partial charge is 0.343 e. The van der Waals surface area contributed by atoms with Crippen molar-refractivity contribution in [1.29, 1.82) is 0 Å². The van der Waals surface area contributed by atoms with Crippen molar-refractivity contribution in [3.8, 4) is 0 Å². The first-order chi connectivity index (χ1) is 15.9. The number of nitrogens with one attached hydrogen (secondary N) is 2. The van der Waals surface area contributed by atoms with E-state index in [4.69, 9.17) is 4.52 Å². The highest BCUT2D eigenvalue weighted by molar-refractivity contribution is 7.92. The first kappa shape index (κ1) is 23.0. The van der Waals surface area contributed by atoms with Crippen molar-refractivity contribution in [2.75, 3.05) is 4.72 Å². The van der Waals surface area contributed by atoms with Gasteiger partial charge in [-0.1, -0.05) is 36.7 Å². The maximum Gasteiger partial charge on any atom is 0.261 e. The summed E-state index contributed by atoms with van der Waals surface area (Å²) in [5, 5.41) is 6.66. The molecule has 1 saturated carbocycles. The molecule has 174 valence electrons. The van der Waals surface area contributed by atoms with Crippen molar-refractivity contribution < 1.29 is 17.7 Å². The van der Waals surface area contributed by atoms with Gasteiger partial charge in [0.25, 0.3) is 15.9 Å². The lowest BCUT2D eigenvalue weighted by atomic mass is 10.1. The van der Waals surface area contributed by atoms with Gasteiger partial charge in [0.2, 0.25) is 5.89 Å². The topological polar surface area (TPSA) is 114 Å². The molecular weight excluding hydrogens is 440 g/mol. The van der Waals surface area contributed by atoms with Crippen LogP contribution in [0.5, 0.6) is 0 Å². The minimum atomic E-state index is -3.85. The molecule has 1 amide bonds. The number of benzene rings is 2. The van der Waals surface area contributed by atoms with Crippen LogP contribution in [0.15, 0.2) is 51.9 Å². The number of aromatic nitrogens is 2. The Morgan fingerprint density at radius 3 is 2.61 bits per heavy atom. The monoisotopic (exact) mass is 468 g/mol. The van der Waals surface area contributed by atoms with Crippen molar-refractivity contribution in [3.63, 3.8) is 0 Å². The quantitative estimate of drug-likeness (QED) is 0.458. The molecule has 1 fully saturated rings. The van der Waals surface area contributed by atoms with Crippen LogP contribution < -0.4 is 10.0 Å². The second kappa shape index (κ2) is 9.74. The van der Waals surface area contributed by atoms with Gasteiger partial charge in [-0.25, -0.2) is 8.42 Å². The molecule has 4 rings (SSSR count). The molecule has 1 aliphatic carbocycles. The van der Waals surface area contributed by atoms with E-state index in [1.165, 1.54) is 17.7 Å². The Hall–Kier alpha value is -3.20. The Balaban J connectivity index is 1.43. The van der Waals surface area contributed by atoms with Gasteiger partial charge in [0.05, 0.1) is 11.4 Å². The van der Waals surface area contributed by atoms with Crippen molar-refractivity contribution >= 4 is 21.6 Å². The van der Waals surface area contributed by atoms with Gasteiger partial charge < -0.3 is 9.84 Å². The van der Waals surface area contributed by atoms with E-state index < -0.39 is 15.9 Å². The average molecular weight is 469 g/mol. The summed E-state index contributed by atoms with van der Waals surface area (Å²) in [5.74, 6) is 0.960. The van der Waals surface area contributed by atoms with Crippen LogP contribution in [0.4, 0.5) is 5.69 Å². The Morgan fingerprint density at radius 1 is 1.15 bits per heavy atom. The molecule has 3 aromatic rings. The van der Waals surface area contributed by atoms with E-state index in [0.717, 1.165) is 32.1 Å². The molecule has 2 N–H and O–H groups in total. The number of unbranched alkanes of at least 4 members (excludes halogenated alkanes) is 1. The van der Waals surface area contributed by atoms with Gasteiger partial charge in [0.15, 0.2) is 5.82 Å². The van der Waals surface area contributed by atoms with Crippen LogP contribution in [-0.4, -0.2) is 24.5 Å². The molecule has 0 radical (unpaired) electrons. The van der Waals surface area contributed by atoms with E-state index >= 15 is 0 Å². The lowest BCUT2D eigenvalue weighted by molar-refractivity contribution is 0.0945. The standard InChI is InChI=1S/C24H28N4O4S/c1-3-4-5-17-7-11-19(12-8-17)28-33(30,31)20-13-6-16(2)21(14-20)24(29)25-15-22-26-23(27-32-22)18-9-10-18/h6-8,11-14,18,28H,3-5,9-10,15H2,1-2H3,(H,25,29). The van der Waals surface area contributed by atoms with Gasteiger partial charge in [-0.05, 0) is 68.0 Å². The van der Waals surface area contributed by atoms with Crippen molar-refractivity contribution in [3.05, 3.63) is 70.9 Å². The van der Waals surface area contributed by atoms with E-state index in [-0.39, 0.29) is 17.0 Å². The van der Waals surface area contributed by atoms with Crippen molar-refractivity contribution in [2.45, 2.75) is 63.3 Å². The maximum atomic E-state index is 12.9. The predicted octanol–water partition coefficient (Wildman–Crippen LogP) is 4.33. The first-order valence-electron chi connectivity index (χ1n) is 11.2. The van der Waals surface area contributed by atoms with Gasteiger partial charge in [-0.15, -0.1) is 0 Å². The molecule has 0 unspecified atom stereocenters. The Morgan fingerprint density at radius 2 is 1.91 bits per heavy atom. The fraction of sp³-hybridized carbons (Fsp3) is 0.375. The van der Waals surface area contributed by atoms with Crippen LogP contribution in [-0.2, 0) is 23.0 Å². The normalized spacial score (nSPS) is 13.6. The van der Waals surface area contributed by atoms with Gasteiger partial charge >= 0.3 is 0 Å². The highest BCUT2D eigenvalue weighted by Crippen LogP contribution is 2.38. The third-order valence-corrected chi connectivity index (χ3v) is 6.99. The van der Waals surface area contributed by atoms with Gasteiger partial charge in [-0.3, -0.25) is 9.52 Å². The summed E-state index contributed by atoms with van der Waals surface area (Å²) in [7, 11) is -3.85. The Labute approximate surface area is 193 Å². The fourth-order valence-corrected chi connectivity index (χ4v) is 4.53. The van der Waals surface area contributed by atoms with E-state index in [1.807, 2.05) is 12.1 Å². The number of nitrogens with zero attached hydrogens (tertiary/aromatic N) is 2. The summed E-state index contributed by atoms with van der Waals surface area (Å²) >= 11 is 0. The molecule has 0 bridgehead atoms. The van der Waals surface area contributed by atoms with Gasteiger partial charge in [0.1, 0.15) is 0 Å². The number of hydrogen-bond donors (Lipinski definition) is 2. The molecule has 1 heterocycles. The molecule has 0 aliphatic heterocycles. The van der Waals surface area contributed by atoms with E-state index in [0.29, 0.717) is 28.9 Å². The summed E-state index contributed by atoms with van der Waals surface area (Å²) < 4.78 is 33.6. The van der Waals surface area contributed by atoms with Crippen LogP contribution in [0, 0.1) is 6.92 Å². The highest BCUT2D eigenvalue weighted by Gasteiger charge is 2.28. The summed E-state index contributed by atoms with van der Waals surface area (Å²) in [6.45, 7) is 3.97. The second-order valence-corrected chi connectivity index (χ2v) is 10.1. The van der Waals surface area contributed by atoms with Crippen molar-refractivity contribution in [1.82, 2.24) is 15.5 Å². The first-order valence-corrected chi connectivity index (χ1v) is 12.7. The molecule has 9 heteroatoms. The number of amides is 1. The fourth-order valence-electron chi connectivity index (χ4n) is 3.45. The lowest BCUT2D eigenvalue weighted by Crippen LogP contribution is -2.24. The summed E-state index contributed by atoms with van der Waals surface area (Å²) in [5.41, 5.74) is 2.58. The minimum Gasteiger partial charge on any atom is -0.343 e. The highest BCUT2D eigenvalue weighted by atomic mass is 32.2. The summed E-state index contributed by atoms with van der Waals surface area (Å²) in [6, 6.07) is 11.8. The number of carbonyl (C=O) groups is 1. The van der Waals surface area contributed by atoms with Crippen LogP contribution in [0.3, 0.4) is 0 Å². The lowest BCUT2D eigenvalue weighted by Gasteiger charge is -2.12. The summed E-state index contributed by atoms with van der Waals surface area (Å²) in [6.07, 6.45) is 5.28. The Kier molecular flexibility index (Phi) is 6.78. The smallest absolute Gasteiger partial charge is 0.261 e. The number of rotatable bonds is 10. The Bertz CT molecular complexity index is 1230. The van der Waals surface area contributed by atoms with E-state index in [1.54, 1.807) is 25.1 Å². The molecular formula is C24H28N4O4S. The molecule has 1 aromatic heterocycles. The number of sulfonamides is 1. The molecule has 2 aromatic carbocycles. The van der Waals surface area contributed by atoms with Crippen LogP contribution in [0.25, 0.3) is 0 Å². The zero-order chi connectivity index (χ0) is 23.4. The zero-order valence-electron chi connectivity index (χ0n) is 18.8. The molecule has 0 saturated heterocycles. The minimum absolute atomic E-state index is 0.0159. The average Bonchev–Trinajstić information content (AvgIpc) is 3.54. The molecule has 0 spiro atoms. The predicted molar refractivity (Wildman–Crippen MR) is 124 cm³/mol. The number of aryl methyl sites for hydroxylation is 2. The number of anilines is 1. The maximum absolute atomic E-state index is 12.9. The van der Waals surface area contributed by atoms with Crippen LogP contribution in [0.1, 0.15) is 71.7 Å². The van der Waals surface area contributed by atoms with Crippen LogP contribution in [0.2, 0.25) is 0 Å². The van der Waals surface area contributed by atoms with Gasteiger partial charge in [-0.2, -0.15) is 4.98 Å². The second-order valence-electron chi connectivity index (χ2n) is 8.39. The molecule has 33 heavy (non-hydrogen) atoms. The third kappa shape index (κ3) is 5.78. The van der Waals surface area contributed by atoms with E-state index in [2.05, 4.69) is 27.1 Å². The zero-order valence-corrected chi connectivity index (χ0v) is 19.6. The van der Waals surface area contributed by atoms with Gasteiger partial charge in [0, 0.05) is 17.2 Å².